The Balaban J connectivity index is 1.58. The van der Waals surface area contributed by atoms with Crippen molar-refractivity contribution in [1.29, 1.82) is 0 Å². The van der Waals surface area contributed by atoms with Crippen molar-refractivity contribution >= 4 is 5.88 Å². The highest BCUT2D eigenvalue weighted by Gasteiger charge is 2.26. The van der Waals surface area contributed by atoms with Crippen LogP contribution >= 0.6 is 0 Å². The molecule has 0 radical (unpaired) electrons. The van der Waals surface area contributed by atoms with Crippen molar-refractivity contribution in [3.05, 3.63) is 60.1 Å². The van der Waals surface area contributed by atoms with Crippen LogP contribution in [0.3, 0.4) is 0 Å². The lowest BCUT2D eigenvalue weighted by Gasteiger charge is -2.29. The molecule has 0 saturated carbocycles. The summed E-state index contributed by atoms with van der Waals surface area (Å²) in [5, 5.41) is 15.2. The molecule has 0 amide bonds. The van der Waals surface area contributed by atoms with Crippen LogP contribution in [-0.2, 0) is 22.6 Å². The molecule has 8 nitrogen and oxygen atoms in total. The van der Waals surface area contributed by atoms with Gasteiger partial charge in [-0.1, -0.05) is 49.3 Å². The van der Waals surface area contributed by atoms with Crippen molar-refractivity contribution in [2.45, 2.75) is 33.0 Å². The van der Waals surface area contributed by atoms with E-state index in [-0.39, 0.29) is 0 Å². The van der Waals surface area contributed by atoms with Crippen LogP contribution in [0.2, 0.25) is 0 Å². The first kappa shape index (κ1) is 24.5. The molecule has 1 fully saturated rings. The molecule has 8 heteroatoms. The number of hydrogen-bond acceptors (Lipinski definition) is 8. The van der Waals surface area contributed by atoms with E-state index in [4.69, 9.17) is 18.4 Å². The fraction of sp³-hybridized carbons (Fsp3) is 0.500. The molecule has 3 heterocycles. The van der Waals surface area contributed by atoms with Gasteiger partial charge in [0, 0.05) is 38.3 Å². The van der Waals surface area contributed by atoms with E-state index < -0.39 is 6.10 Å². The molecule has 2 aromatic heterocycles. The standard InChI is InChI=1S/C26H35N3O5/c1-20(2)18-32-19-22(30)15-28(16-23-9-6-12-33-23)17-24-25(21-7-4-3-5-8-21)27-34-26(24)29-10-13-31-14-11-29/h3-9,12,20,22,30H,10-11,13-19H2,1-2H3/t22-/m0/s1. The van der Waals surface area contributed by atoms with Gasteiger partial charge >= 0.3 is 0 Å². The van der Waals surface area contributed by atoms with E-state index in [0.29, 0.717) is 52.0 Å². The van der Waals surface area contributed by atoms with Gasteiger partial charge in [-0.2, -0.15) is 0 Å². The molecule has 1 aliphatic heterocycles. The lowest BCUT2D eigenvalue weighted by atomic mass is 10.1. The summed E-state index contributed by atoms with van der Waals surface area (Å²) in [6.45, 7) is 9.45. The summed E-state index contributed by atoms with van der Waals surface area (Å²) in [5.41, 5.74) is 2.81. The third kappa shape index (κ3) is 6.70. The number of ether oxygens (including phenoxy) is 2. The molecule has 1 aromatic carbocycles. The summed E-state index contributed by atoms with van der Waals surface area (Å²) in [7, 11) is 0. The van der Waals surface area contributed by atoms with Crippen LogP contribution in [0.5, 0.6) is 0 Å². The zero-order chi connectivity index (χ0) is 23.8. The van der Waals surface area contributed by atoms with E-state index in [2.05, 4.69) is 28.8 Å². The van der Waals surface area contributed by atoms with Gasteiger partial charge in [0.25, 0.3) is 0 Å². The summed E-state index contributed by atoms with van der Waals surface area (Å²) in [4.78, 5) is 4.34. The molecule has 0 bridgehead atoms. The number of rotatable bonds is 12. The minimum Gasteiger partial charge on any atom is -0.468 e. The molecule has 1 N–H and O–H groups in total. The number of aromatic nitrogens is 1. The summed E-state index contributed by atoms with van der Waals surface area (Å²) in [5.74, 6) is 2.02. The normalized spacial score (nSPS) is 15.4. The second-order valence-corrected chi connectivity index (χ2v) is 9.11. The first-order valence-corrected chi connectivity index (χ1v) is 12.0. The van der Waals surface area contributed by atoms with Crippen molar-refractivity contribution in [1.82, 2.24) is 10.1 Å². The van der Waals surface area contributed by atoms with E-state index in [0.717, 1.165) is 41.6 Å². The lowest BCUT2D eigenvalue weighted by Crippen LogP contribution is -2.38. The molecule has 0 aliphatic carbocycles. The molecule has 0 spiro atoms. The minimum absolute atomic E-state index is 0.290. The predicted molar refractivity (Wildman–Crippen MR) is 129 cm³/mol. The number of aliphatic hydroxyl groups excluding tert-OH is 1. The smallest absolute Gasteiger partial charge is 0.232 e. The Hall–Kier alpha value is -2.65. The zero-order valence-electron chi connectivity index (χ0n) is 20.1. The highest BCUT2D eigenvalue weighted by molar-refractivity contribution is 5.68. The van der Waals surface area contributed by atoms with Gasteiger partial charge < -0.3 is 28.4 Å². The SMILES string of the molecule is CC(C)COC[C@@H](O)CN(Cc1ccco1)Cc1c(-c2ccccc2)noc1N1CCOCC1. The van der Waals surface area contributed by atoms with Gasteiger partial charge in [0.15, 0.2) is 0 Å². The number of anilines is 1. The van der Waals surface area contributed by atoms with Crippen LogP contribution in [0.15, 0.2) is 57.7 Å². The number of morpholine rings is 1. The molecule has 184 valence electrons. The fourth-order valence-corrected chi connectivity index (χ4v) is 4.10. The van der Waals surface area contributed by atoms with E-state index in [1.807, 2.05) is 42.5 Å². The Morgan fingerprint density at radius 3 is 2.56 bits per heavy atom. The molecule has 0 unspecified atom stereocenters. The van der Waals surface area contributed by atoms with Gasteiger partial charge in [-0.05, 0) is 18.1 Å². The monoisotopic (exact) mass is 469 g/mol. The molecule has 4 rings (SSSR count). The third-order valence-corrected chi connectivity index (χ3v) is 5.68. The summed E-state index contributed by atoms with van der Waals surface area (Å²) in [6, 6.07) is 13.9. The molecule has 34 heavy (non-hydrogen) atoms. The highest BCUT2D eigenvalue weighted by atomic mass is 16.5. The van der Waals surface area contributed by atoms with Crippen LogP contribution in [0, 0.1) is 5.92 Å². The van der Waals surface area contributed by atoms with Crippen LogP contribution in [0.25, 0.3) is 11.3 Å². The maximum Gasteiger partial charge on any atom is 0.232 e. The van der Waals surface area contributed by atoms with E-state index in [1.54, 1.807) is 6.26 Å². The Bertz CT molecular complexity index is 968. The summed E-state index contributed by atoms with van der Waals surface area (Å²) >= 11 is 0. The molecule has 1 atom stereocenters. The van der Waals surface area contributed by atoms with Gasteiger partial charge in [0.1, 0.15) is 11.5 Å². The van der Waals surface area contributed by atoms with E-state index >= 15 is 0 Å². The zero-order valence-corrected chi connectivity index (χ0v) is 20.1. The number of nitrogens with zero attached hydrogens (tertiary/aromatic N) is 3. The molecule has 3 aromatic rings. The molecule has 1 aliphatic rings. The summed E-state index contributed by atoms with van der Waals surface area (Å²) in [6.07, 6.45) is 1.05. The Labute approximate surface area is 201 Å². The average Bonchev–Trinajstić information content (AvgIpc) is 3.50. The Morgan fingerprint density at radius 1 is 1.06 bits per heavy atom. The maximum atomic E-state index is 10.7. The second kappa shape index (κ2) is 12.2. The van der Waals surface area contributed by atoms with E-state index in [1.165, 1.54) is 0 Å². The summed E-state index contributed by atoms with van der Waals surface area (Å²) < 4.78 is 22.7. The van der Waals surface area contributed by atoms with Crippen molar-refractivity contribution in [2.75, 3.05) is 51.0 Å². The highest BCUT2D eigenvalue weighted by Crippen LogP contribution is 2.33. The van der Waals surface area contributed by atoms with Crippen LogP contribution < -0.4 is 4.90 Å². The van der Waals surface area contributed by atoms with Crippen molar-refractivity contribution in [2.24, 2.45) is 5.92 Å². The van der Waals surface area contributed by atoms with Crippen LogP contribution in [-0.4, -0.2) is 67.3 Å². The third-order valence-electron chi connectivity index (χ3n) is 5.68. The van der Waals surface area contributed by atoms with Gasteiger partial charge in [0.05, 0.1) is 44.3 Å². The minimum atomic E-state index is -0.624. The quantitative estimate of drug-likeness (QED) is 0.429. The van der Waals surface area contributed by atoms with Crippen LogP contribution in [0.1, 0.15) is 25.2 Å². The van der Waals surface area contributed by atoms with Gasteiger partial charge in [-0.3, -0.25) is 4.90 Å². The number of furan rings is 1. The lowest BCUT2D eigenvalue weighted by molar-refractivity contribution is 0.00461. The Kier molecular flexibility index (Phi) is 8.76. The number of aliphatic hydroxyl groups is 1. The molecular weight excluding hydrogens is 434 g/mol. The fourth-order valence-electron chi connectivity index (χ4n) is 4.10. The predicted octanol–water partition coefficient (Wildman–Crippen LogP) is 3.81. The second-order valence-electron chi connectivity index (χ2n) is 9.11. The van der Waals surface area contributed by atoms with Gasteiger partial charge in [-0.15, -0.1) is 0 Å². The van der Waals surface area contributed by atoms with Gasteiger partial charge in [0.2, 0.25) is 5.88 Å². The average molecular weight is 470 g/mol. The van der Waals surface area contributed by atoms with Crippen molar-refractivity contribution in [3.63, 3.8) is 0 Å². The first-order valence-electron chi connectivity index (χ1n) is 12.0. The first-order chi connectivity index (χ1) is 16.6. The van der Waals surface area contributed by atoms with E-state index in [9.17, 15) is 5.11 Å². The van der Waals surface area contributed by atoms with Crippen LogP contribution in [0.4, 0.5) is 5.88 Å². The van der Waals surface area contributed by atoms with Gasteiger partial charge in [-0.25, -0.2) is 0 Å². The Morgan fingerprint density at radius 2 is 1.85 bits per heavy atom. The number of hydrogen-bond donors (Lipinski definition) is 1. The topological polar surface area (TPSA) is 84.3 Å². The molecular formula is C26H35N3O5. The largest absolute Gasteiger partial charge is 0.468 e. The maximum absolute atomic E-state index is 10.7. The van der Waals surface area contributed by atoms with Crippen molar-refractivity contribution < 1.29 is 23.5 Å². The number of benzene rings is 1. The van der Waals surface area contributed by atoms with Crippen molar-refractivity contribution in [3.8, 4) is 11.3 Å². The molecule has 1 saturated heterocycles.